The summed E-state index contributed by atoms with van der Waals surface area (Å²) in [7, 11) is 1.85. The van der Waals surface area contributed by atoms with E-state index in [0.717, 1.165) is 10.2 Å². The zero-order valence-corrected chi connectivity index (χ0v) is 16.9. The molecule has 0 aliphatic carbocycles. The lowest BCUT2D eigenvalue weighted by Gasteiger charge is -2.09. The molecule has 0 spiro atoms. The predicted molar refractivity (Wildman–Crippen MR) is 107 cm³/mol. The van der Waals surface area contributed by atoms with E-state index in [4.69, 9.17) is 23.8 Å². The van der Waals surface area contributed by atoms with Gasteiger partial charge in [-0.25, -0.2) is 4.39 Å². The standard InChI is InChI=1S/C16H15BrClFN6S/c1-24-14(11(17)7-21-24)8-20-16(26)22-15-5-6-25(23-15)9-10-12(18)3-2-4-13(10)19/h2-7H,8-9H2,1H3,(H2,20,22,23,26). The van der Waals surface area contributed by atoms with E-state index in [1.165, 1.54) is 6.07 Å². The summed E-state index contributed by atoms with van der Waals surface area (Å²) in [5.41, 5.74) is 1.36. The molecule has 136 valence electrons. The van der Waals surface area contributed by atoms with Crippen LogP contribution in [0.5, 0.6) is 0 Å². The Hall–Kier alpha value is -1.97. The molecule has 0 bridgehead atoms. The van der Waals surface area contributed by atoms with Gasteiger partial charge < -0.3 is 10.6 Å². The van der Waals surface area contributed by atoms with Gasteiger partial charge in [-0.05, 0) is 40.3 Å². The summed E-state index contributed by atoms with van der Waals surface area (Å²) in [6.45, 7) is 0.740. The molecular weight excluding hydrogens is 443 g/mol. The number of nitrogens with zero attached hydrogens (tertiary/aromatic N) is 4. The molecule has 0 saturated carbocycles. The Labute approximate surface area is 168 Å². The zero-order valence-electron chi connectivity index (χ0n) is 13.7. The van der Waals surface area contributed by atoms with E-state index in [1.807, 2.05) is 7.05 Å². The maximum absolute atomic E-state index is 13.9. The van der Waals surface area contributed by atoms with Crippen LogP contribution in [0.3, 0.4) is 0 Å². The molecule has 2 N–H and O–H groups in total. The fraction of sp³-hybridized carbons (Fsp3) is 0.188. The van der Waals surface area contributed by atoms with Crippen molar-refractivity contribution in [1.29, 1.82) is 0 Å². The minimum Gasteiger partial charge on any atom is -0.357 e. The second-order valence-corrected chi connectivity index (χ2v) is 7.14. The molecule has 2 aromatic heterocycles. The van der Waals surface area contributed by atoms with Crippen molar-refractivity contribution < 1.29 is 4.39 Å². The number of nitrogens with one attached hydrogen (secondary N) is 2. The van der Waals surface area contributed by atoms with Crippen LogP contribution in [0.2, 0.25) is 5.02 Å². The fourth-order valence-corrected chi connectivity index (χ4v) is 3.21. The highest BCUT2D eigenvalue weighted by Crippen LogP contribution is 2.20. The van der Waals surface area contributed by atoms with Crippen molar-refractivity contribution in [3.05, 3.63) is 63.2 Å². The molecule has 3 rings (SSSR count). The summed E-state index contributed by atoms with van der Waals surface area (Å²) >= 11 is 14.8. The number of thiocarbonyl (C=S) groups is 1. The number of aryl methyl sites for hydroxylation is 1. The zero-order chi connectivity index (χ0) is 18.7. The van der Waals surface area contributed by atoms with E-state index in [9.17, 15) is 4.39 Å². The Bertz CT molecular complexity index is 901. The van der Waals surface area contributed by atoms with Crippen LogP contribution >= 0.6 is 39.7 Å². The second kappa shape index (κ2) is 8.15. The van der Waals surface area contributed by atoms with Crippen molar-refractivity contribution in [2.45, 2.75) is 13.1 Å². The Morgan fingerprint density at radius 2 is 2.19 bits per heavy atom. The third-order valence-corrected chi connectivity index (χ3v) is 4.95. The maximum atomic E-state index is 13.9. The van der Waals surface area contributed by atoms with E-state index in [-0.39, 0.29) is 12.4 Å². The molecule has 0 unspecified atom stereocenters. The van der Waals surface area contributed by atoms with Crippen molar-refractivity contribution in [2.24, 2.45) is 7.05 Å². The molecular formula is C16H15BrClFN6S. The van der Waals surface area contributed by atoms with Gasteiger partial charge in [0.2, 0.25) is 0 Å². The first-order chi connectivity index (χ1) is 12.4. The average molecular weight is 458 g/mol. The van der Waals surface area contributed by atoms with Gasteiger partial charge in [0.25, 0.3) is 0 Å². The van der Waals surface area contributed by atoms with Crippen LogP contribution < -0.4 is 10.6 Å². The molecule has 0 fully saturated rings. The quantitative estimate of drug-likeness (QED) is 0.572. The topological polar surface area (TPSA) is 59.7 Å². The number of aromatic nitrogens is 4. The van der Waals surface area contributed by atoms with E-state index in [0.29, 0.717) is 28.1 Å². The number of anilines is 1. The van der Waals surface area contributed by atoms with Gasteiger partial charge in [0.1, 0.15) is 5.82 Å². The summed E-state index contributed by atoms with van der Waals surface area (Å²) in [5, 5.41) is 15.4. The fourth-order valence-electron chi connectivity index (χ4n) is 2.32. The number of hydrogen-bond donors (Lipinski definition) is 2. The molecule has 26 heavy (non-hydrogen) atoms. The minimum atomic E-state index is -0.360. The van der Waals surface area contributed by atoms with Crippen molar-refractivity contribution in [3.63, 3.8) is 0 Å². The lowest BCUT2D eigenvalue weighted by molar-refractivity contribution is 0.586. The maximum Gasteiger partial charge on any atom is 0.172 e. The molecule has 2 heterocycles. The molecule has 0 radical (unpaired) electrons. The number of benzene rings is 1. The summed E-state index contributed by atoms with van der Waals surface area (Å²) in [6.07, 6.45) is 3.45. The van der Waals surface area contributed by atoms with E-state index < -0.39 is 0 Å². The van der Waals surface area contributed by atoms with Gasteiger partial charge in [-0.2, -0.15) is 10.2 Å². The van der Waals surface area contributed by atoms with Crippen LogP contribution in [0, 0.1) is 5.82 Å². The first kappa shape index (κ1) is 18.8. The molecule has 0 aliphatic rings. The molecule has 10 heteroatoms. The highest BCUT2D eigenvalue weighted by Gasteiger charge is 2.10. The Morgan fingerprint density at radius 1 is 1.38 bits per heavy atom. The van der Waals surface area contributed by atoms with Crippen LogP contribution in [0.1, 0.15) is 11.3 Å². The highest BCUT2D eigenvalue weighted by atomic mass is 79.9. The molecule has 3 aromatic rings. The van der Waals surface area contributed by atoms with Gasteiger partial charge in [-0.15, -0.1) is 0 Å². The molecule has 1 aromatic carbocycles. The molecule has 0 aliphatic heterocycles. The molecule has 0 amide bonds. The third kappa shape index (κ3) is 4.40. The Morgan fingerprint density at radius 3 is 2.88 bits per heavy atom. The van der Waals surface area contributed by atoms with Crippen molar-refractivity contribution in [2.75, 3.05) is 5.32 Å². The van der Waals surface area contributed by atoms with Crippen molar-refractivity contribution in [3.8, 4) is 0 Å². The van der Waals surface area contributed by atoms with Gasteiger partial charge in [-0.1, -0.05) is 17.7 Å². The van der Waals surface area contributed by atoms with Crippen LogP contribution in [0.15, 0.2) is 41.1 Å². The number of rotatable bonds is 5. The first-order valence-electron chi connectivity index (χ1n) is 7.61. The lowest BCUT2D eigenvalue weighted by Crippen LogP contribution is -2.29. The summed E-state index contributed by atoms with van der Waals surface area (Å²) in [4.78, 5) is 0. The van der Waals surface area contributed by atoms with Gasteiger partial charge >= 0.3 is 0 Å². The SMILES string of the molecule is Cn1ncc(Br)c1CNC(=S)Nc1ccn(Cc2c(F)cccc2Cl)n1. The number of halogens is 3. The smallest absolute Gasteiger partial charge is 0.172 e. The largest absolute Gasteiger partial charge is 0.357 e. The highest BCUT2D eigenvalue weighted by molar-refractivity contribution is 9.10. The molecule has 0 saturated heterocycles. The number of hydrogen-bond acceptors (Lipinski definition) is 3. The van der Waals surface area contributed by atoms with Crippen molar-refractivity contribution in [1.82, 2.24) is 24.9 Å². The van der Waals surface area contributed by atoms with Gasteiger partial charge in [0.05, 0.1) is 29.5 Å². The molecule has 0 atom stereocenters. The lowest BCUT2D eigenvalue weighted by atomic mass is 10.2. The summed E-state index contributed by atoms with van der Waals surface area (Å²) in [5.74, 6) is 0.195. The monoisotopic (exact) mass is 456 g/mol. The molecule has 6 nitrogen and oxygen atoms in total. The summed E-state index contributed by atoms with van der Waals surface area (Å²) < 4.78 is 18.1. The van der Waals surface area contributed by atoms with E-state index in [1.54, 1.807) is 40.0 Å². The predicted octanol–water partition coefficient (Wildman–Crippen LogP) is 3.71. The normalized spacial score (nSPS) is 10.8. The third-order valence-electron chi connectivity index (χ3n) is 3.69. The van der Waals surface area contributed by atoms with Gasteiger partial charge in [0.15, 0.2) is 10.9 Å². The van der Waals surface area contributed by atoms with E-state index >= 15 is 0 Å². The summed E-state index contributed by atoms with van der Waals surface area (Å²) in [6, 6.07) is 6.35. The van der Waals surface area contributed by atoms with E-state index in [2.05, 4.69) is 36.8 Å². The second-order valence-electron chi connectivity index (χ2n) is 5.47. The Balaban J connectivity index is 1.59. The van der Waals surface area contributed by atoms with Crippen LogP contribution in [0.25, 0.3) is 0 Å². The van der Waals surface area contributed by atoms with Crippen molar-refractivity contribution >= 4 is 50.7 Å². The van der Waals surface area contributed by atoms with Gasteiger partial charge in [0, 0.05) is 29.9 Å². The first-order valence-corrected chi connectivity index (χ1v) is 9.19. The minimum absolute atomic E-state index is 0.231. The van der Waals surface area contributed by atoms with Gasteiger partial charge in [-0.3, -0.25) is 9.36 Å². The average Bonchev–Trinajstić information content (AvgIpc) is 3.16. The van der Waals surface area contributed by atoms with Crippen LogP contribution in [0.4, 0.5) is 10.2 Å². The Kier molecular flexibility index (Phi) is 5.90. The van der Waals surface area contributed by atoms with Crippen LogP contribution in [-0.2, 0) is 20.1 Å². The van der Waals surface area contributed by atoms with Crippen LogP contribution in [-0.4, -0.2) is 24.7 Å².